The van der Waals surface area contributed by atoms with Crippen LogP contribution in [0.15, 0.2) is 280 Å². The van der Waals surface area contributed by atoms with Gasteiger partial charge < -0.3 is 9.80 Å². The number of hydrogen-bond acceptors (Lipinski definition) is 2. The molecule has 0 N–H and O–H groups in total. The first-order chi connectivity index (χ1) is 33.5. The average Bonchev–Trinajstić information content (AvgIpc) is 3.41. The van der Waals surface area contributed by atoms with E-state index in [-0.39, 0.29) is 0 Å². The Labute approximate surface area is 402 Å². The highest BCUT2D eigenvalue weighted by Crippen LogP contribution is 2.42. The second-order valence-corrected chi connectivity index (χ2v) is 16.5. The molecule has 0 fully saturated rings. The molecule has 328 valence electrons. The van der Waals surface area contributed by atoms with E-state index in [2.05, 4.69) is 286 Å². The predicted octanol–water partition coefficient (Wildman–Crippen LogP) is 19.0. The van der Waals surface area contributed by atoms with Gasteiger partial charge in [0.25, 0.3) is 0 Å². The van der Waals surface area contributed by atoms with Crippen LogP contribution in [0.5, 0.6) is 0 Å². The Kier molecular flexibility index (Phi) is 13.8. The molecule has 0 heterocycles. The minimum Gasteiger partial charge on any atom is -0.311 e. The van der Waals surface area contributed by atoms with E-state index in [1.165, 1.54) is 27.8 Å². The van der Waals surface area contributed by atoms with Crippen LogP contribution in [0, 0.1) is 0 Å². The lowest BCUT2D eigenvalue weighted by Crippen LogP contribution is -2.10. The maximum absolute atomic E-state index is 4.02. The molecule has 0 aliphatic heterocycles. The molecule has 0 saturated carbocycles. The van der Waals surface area contributed by atoms with Gasteiger partial charge in [0, 0.05) is 34.1 Å². The average molecular weight is 875 g/mol. The third kappa shape index (κ3) is 9.77. The van der Waals surface area contributed by atoms with Gasteiger partial charge in [-0.05, 0) is 153 Å². The van der Waals surface area contributed by atoms with Crippen molar-refractivity contribution >= 4 is 45.3 Å². The Morgan fingerprint density at radius 2 is 0.721 bits per heavy atom. The van der Waals surface area contributed by atoms with Gasteiger partial charge in [-0.15, -0.1) is 0 Å². The topological polar surface area (TPSA) is 6.48 Å². The summed E-state index contributed by atoms with van der Waals surface area (Å²) in [5.74, 6) is 0. The highest BCUT2D eigenvalue weighted by Gasteiger charge is 2.18. The lowest BCUT2D eigenvalue weighted by molar-refractivity contribution is 1.28. The standard InChI is InChI=1S/C66H54N2/c1-5-18-49(7-3)52-30-38-60(39-31-52)67(61-42-34-55(35-43-61)51-20-12-9-13-21-51)62-44-36-56(37-45-62)54-26-28-58(29-27-54)65-47-46-64(48-66(65)57-22-14-10-15-23-57)68(59-24-16-11-17-25-59)63-40-32-53(33-41-63)50(8-4)19-6-2/h5-48H,2,4H2,1,3H3/b18-5-,49-7+,50-19+. The van der Waals surface area contributed by atoms with E-state index in [4.69, 9.17) is 0 Å². The molecule has 0 bridgehead atoms. The summed E-state index contributed by atoms with van der Waals surface area (Å²) in [6, 6.07) is 82.9. The summed E-state index contributed by atoms with van der Waals surface area (Å²) in [7, 11) is 0. The zero-order valence-electron chi connectivity index (χ0n) is 38.7. The second kappa shape index (κ2) is 21.1. The molecule has 2 nitrogen and oxygen atoms in total. The molecule has 9 rings (SSSR count). The van der Waals surface area contributed by atoms with Crippen LogP contribution in [0.4, 0.5) is 34.1 Å². The van der Waals surface area contributed by atoms with Crippen LogP contribution in [0.3, 0.4) is 0 Å². The van der Waals surface area contributed by atoms with Gasteiger partial charge >= 0.3 is 0 Å². The Balaban J connectivity index is 1.04. The van der Waals surface area contributed by atoms with Crippen LogP contribution in [0.25, 0.3) is 55.7 Å². The zero-order valence-corrected chi connectivity index (χ0v) is 38.7. The first-order valence-electron chi connectivity index (χ1n) is 23.2. The van der Waals surface area contributed by atoms with Crippen molar-refractivity contribution in [1.82, 2.24) is 0 Å². The highest BCUT2D eigenvalue weighted by atomic mass is 15.1. The summed E-state index contributed by atoms with van der Waals surface area (Å²) < 4.78 is 0. The number of allylic oxidation sites excluding steroid dienone is 8. The minimum absolute atomic E-state index is 1.03. The molecule has 9 aromatic carbocycles. The molecule has 0 atom stereocenters. The van der Waals surface area contributed by atoms with Crippen LogP contribution < -0.4 is 9.80 Å². The van der Waals surface area contributed by atoms with E-state index >= 15 is 0 Å². The Morgan fingerprint density at radius 3 is 1.19 bits per heavy atom. The van der Waals surface area contributed by atoms with Crippen LogP contribution in [0.1, 0.15) is 25.0 Å². The Bertz CT molecular complexity index is 3200. The Hall–Kier alpha value is -8.72. The third-order valence-electron chi connectivity index (χ3n) is 12.3. The summed E-state index contributed by atoms with van der Waals surface area (Å²) in [6.45, 7) is 12.1. The summed E-state index contributed by atoms with van der Waals surface area (Å²) in [5.41, 5.74) is 20.4. The number of nitrogens with zero attached hydrogens (tertiary/aromatic N) is 2. The molecule has 0 aliphatic rings. The van der Waals surface area contributed by atoms with Gasteiger partial charge in [-0.3, -0.25) is 0 Å². The van der Waals surface area contributed by atoms with Crippen LogP contribution in [-0.4, -0.2) is 0 Å². The van der Waals surface area contributed by atoms with Gasteiger partial charge in [0.2, 0.25) is 0 Å². The van der Waals surface area contributed by atoms with E-state index in [0.717, 1.165) is 73.1 Å². The molecule has 0 aromatic heterocycles. The van der Waals surface area contributed by atoms with Gasteiger partial charge in [-0.1, -0.05) is 207 Å². The van der Waals surface area contributed by atoms with Crippen molar-refractivity contribution in [1.29, 1.82) is 0 Å². The number of benzene rings is 9. The first-order valence-corrected chi connectivity index (χ1v) is 23.2. The molecule has 0 spiro atoms. The fourth-order valence-electron chi connectivity index (χ4n) is 8.88. The lowest BCUT2D eigenvalue weighted by atomic mass is 9.92. The van der Waals surface area contributed by atoms with Gasteiger partial charge in [0.05, 0.1) is 0 Å². The molecular weight excluding hydrogens is 821 g/mol. The third-order valence-corrected chi connectivity index (χ3v) is 12.3. The number of anilines is 6. The van der Waals surface area contributed by atoms with Gasteiger partial charge in [0.15, 0.2) is 0 Å². The lowest BCUT2D eigenvalue weighted by Gasteiger charge is -2.27. The predicted molar refractivity (Wildman–Crippen MR) is 294 cm³/mol. The van der Waals surface area contributed by atoms with Gasteiger partial charge in [-0.25, -0.2) is 0 Å². The largest absolute Gasteiger partial charge is 0.311 e. The maximum Gasteiger partial charge on any atom is 0.0468 e. The fraction of sp³-hybridized carbons (Fsp3) is 0.0303. The van der Waals surface area contributed by atoms with Crippen molar-refractivity contribution in [3.8, 4) is 44.5 Å². The zero-order chi connectivity index (χ0) is 46.7. The molecule has 0 saturated heterocycles. The maximum atomic E-state index is 4.02. The van der Waals surface area contributed by atoms with Crippen molar-refractivity contribution in [2.45, 2.75) is 13.8 Å². The normalized spacial score (nSPS) is 11.6. The van der Waals surface area contributed by atoms with E-state index in [1.54, 1.807) is 6.08 Å². The van der Waals surface area contributed by atoms with Crippen molar-refractivity contribution < 1.29 is 0 Å². The smallest absolute Gasteiger partial charge is 0.0468 e. The number of hydrogen-bond donors (Lipinski definition) is 0. The highest BCUT2D eigenvalue weighted by molar-refractivity contribution is 5.90. The van der Waals surface area contributed by atoms with E-state index < -0.39 is 0 Å². The van der Waals surface area contributed by atoms with Crippen LogP contribution in [-0.2, 0) is 0 Å². The number of para-hydroxylation sites is 1. The molecule has 0 unspecified atom stereocenters. The SMILES string of the molecule is C=C/C=C(\C=C)c1ccc(N(c2ccccc2)c2ccc(-c3ccc(-c4ccc(N(c5ccc(C(/C=C\C)=C/C)cc5)c5ccc(-c6ccccc6)cc5)cc4)cc3)c(-c3ccccc3)c2)cc1. The fourth-order valence-corrected chi connectivity index (χ4v) is 8.88. The first kappa shape index (κ1) is 44.5. The molecule has 9 aromatic rings. The molecule has 0 amide bonds. The molecule has 2 heteroatoms. The monoisotopic (exact) mass is 874 g/mol. The van der Waals surface area contributed by atoms with E-state index in [1.807, 2.05) is 12.2 Å². The van der Waals surface area contributed by atoms with Crippen molar-refractivity contribution in [3.05, 3.63) is 291 Å². The van der Waals surface area contributed by atoms with Crippen molar-refractivity contribution in [2.24, 2.45) is 0 Å². The quantitative estimate of drug-likeness (QED) is 0.0947. The molecule has 0 radical (unpaired) electrons. The summed E-state index contributed by atoms with van der Waals surface area (Å²) in [6.07, 6.45) is 12.1. The van der Waals surface area contributed by atoms with E-state index in [9.17, 15) is 0 Å². The molecule has 68 heavy (non-hydrogen) atoms. The van der Waals surface area contributed by atoms with Gasteiger partial charge in [0.1, 0.15) is 0 Å². The van der Waals surface area contributed by atoms with Crippen LogP contribution in [0.2, 0.25) is 0 Å². The minimum atomic E-state index is 1.03. The number of rotatable bonds is 15. The van der Waals surface area contributed by atoms with Crippen LogP contribution >= 0.6 is 0 Å². The van der Waals surface area contributed by atoms with E-state index in [0.29, 0.717) is 0 Å². The molecule has 0 aliphatic carbocycles. The molecular formula is C66H54N2. The van der Waals surface area contributed by atoms with Crippen molar-refractivity contribution in [3.63, 3.8) is 0 Å². The summed E-state index contributed by atoms with van der Waals surface area (Å²) in [4.78, 5) is 4.65. The second-order valence-electron chi connectivity index (χ2n) is 16.5. The van der Waals surface area contributed by atoms with Crippen molar-refractivity contribution in [2.75, 3.05) is 9.80 Å². The Morgan fingerprint density at radius 1 is 0.353 bits per heavy atom. The summed E-state index contributed by atoms with van der Waals surface area (Å²) in [5, 5.41) is 0. The van der Waals surface area contributed by atoms with Gasteiger partial charge in [-0.2, -0.15) is 0 Å². The summed E-state index contributed by atoms with van der Waals surface area (Å²) >= 11 is 0.